The van der Waals surface area contributed by atoms with E-state index in [-0.39, 0.29) is 0 Å². The van der Waals surface area contributed by atoms with Crippen molar-refractivity contribution in [3.05, 3.63) is 35.7 Å². The van der Waals surface area contributed by atoms with Crippen LogP contribution in [0.25, 0.3) is 0 Å². The fourth-order valence-corrected chi connectivity index (χ4v) is 4.09. The summed E-state index contributed by atoms with van der Waals surface area (Å²) in [4.78, 5) is 7.41. The predicted octanol–water partition coefficient (Wildman–Crippen LogP) is 2.21. The van der Waals surface area contributed by atoms with E-state index in [4.69, 9.17) is 4.98 Å². The summed E-state index contributed by atoms with van der Waals surface area (Å²) in [6.45, 7) is 6.61. The molecule has 1 fully saturated rings. The Morgan fingerprint density at radius 2 is 2.14 bits per heavy atom. The first-order chi connectivity index (χ1) is 10.8. The molecule has 0 spiro atoms. The van der Waals surface area contributed by atoms with Crippen LogP contribution in [-0.2, 0) is 19.4 Å². The number of rotatable bonds is 4. The van der Waals surface area contributed by atoms with Crippen LogP contribution >= 0.6 is 0 Å². The van der Waals surface area contributed by atoms with Gasteiger partial charge in [0.25, 0.3) is 0 Å². The highest BCUT2D eigenvalue weighted by atomic mass is 15.3. The van der Waals surface area contributed by atoms with Gasteiger partial charge in [-0.05, 0) is 45.1 Å². The molecule has 0 radical (unpaired) electrons. The molecule has 2 aromatic heterocycles. The van der Waals surface area contributed by atoms with Gasteiger partial charge in [-0.25, -0.2) is 4.98 Å². The number of hydrogen-bond donors (Lipinski definition) is 0. The monoisotopic (exact) mass is 299 g/mol. The number of imidazole rings is 1. The van der Waals surface area contributed by atoms with E-state index in [1.54, 1.807) is 0 Å². The molecule has 0 amide bonds. The third-order valence-corrected chi connectivity index (χ3v) is 5.16. The van der Waals surface area contributed by atoms with Crippen molar-refractivity contribution in [1.82, 2.24) is 24.2 Å². The molecule has 0 N–H and O–H groups in total. The molecule has 0 saturated carbocycles. The molecule has 1 aliphatic heterocycles. The quantitative estimate of drug-likeness (QED) is 0.869. The Morgan fingerprint density at radius 1 is 1.23 bits per heavy atom. The van der Waals surface area contributed by atoms with Crippen LogP contribution in [0, 0.1) is 6.92 Å². The molecular weight excluding hydrogens is 274 g/mol. The first-order valence-corrected chi connectivity index (χ1v) is 8.57. The number of likely N-dealkylation sites (tertiary alicyclic amines) is 1. The SMILES string of the molecule is Cc1nc2c(n1[C@@H]1CCN(CCn3cccn3)C1)CCCC2. The summed E-state index contributed by atoms with van der Waals surface area (Å²) in [6.07, 6.45) is 10.2. The Balaban J connectivity index is 1.43. The van der Waals surface area contributed by atoms with Crippen molar-refractivity contribution in [2.24, 2.45) is 0 Å². The molecular formula is C17H25N5. The fraction of sp³-hybridized carbons (Fsp3) is 0.647. The predicted molar refractivity (Wildman–Crippen MR) is 85.9 cm³/mol. The van der Waals surface area contributed by atoms with Crippen LogP contribution in [0.2, 0.25) is 0 Å². The van der Waals surface area contributed by atoms with Crippen molar-refractivity contribution >= 4 is 0 Å². The first kappa shape index (κ1) is 14.0. The molecule has 0 bridgehead atoms. The summed E-state index contributed by atoms with van der Waals surface area (Å²) in [5, 5.41) is 4.29. The second-order valence-corrected chi connectivity index (χ2v) is 6.64. The Morgan fingerprint density at radius 3 is 3.00 bits per heavy atom. The van der Waals surface area contributed by atoms with Crippen LogP contribution in [-0.4, -0.2) is 43.9 Å². The maximum absolute atomic E-state index is 4.84. The highest BCUT2D eigenvalue weighted by Crippen LogP contribution is 2.30. The lowest BCUT2D eigenvalue weighted by Gasteiger charge is -2.21. The second-order valence-electron chi connectivity index (χ2n) is 6.64. The van der Waals surface area contributed by atoms with Gasteiger partial charge >= 0.3 is 0 Å². The van der Waals surface area contributed by atoms with Gasteiger partial charge in [0.15, 0.2) is 0 Å². The lowest BCUT2D eigenvalue weighted by molar-refractivity contribution is 0.301. The van der Waals surface area contributed by atoms with E-state index in [0.717, 1.165) is 19.6 Å². The van der Waals surface area contributed by atoms with Crippen LogP contribution in [0.15, 0.2) is 18.5 Å². The smallest absolute Gasteiger partial charge is 0.106 e. The van der Waals surface area contributed by atoms with Crippen molar-refractivity contribution in [1.29, 1.82) is 0 Å². The summed E-state index contributed by atoms with van der Waals surface area (Å²) in [5.41, 5.74) is 2.90. The molecule has 1 saturated heterocycles. The molecule has 5 nitrogen and oxygen atoms in total. The van der Waals surface area contributed by atoms with Gasteiger partial charge in [0.05, 0.1) is 12.2 Å². The third kappa shape index (κ3) is 2.58. The van der Waals surface area contributed by atoms with Crippen LogP contribution in [0.5, 0.6) is 0 Å². The number of aryl methyl sites for hydroxylation is 2. The minimum Gasteiger partial charge on any atom is -0.328 e. The molecule has 2 aromatic rings. The normalized spacial score (nSPS) is 22.1. The van der Waals surface area contributed by atoms with Crippen molar-refractivity contribution in [3.8, 4) is 0 Å². The standard InChI is InChI=1S/C17H25N5/c1-14-19-16-5-2-3-6-17(16)22(14)15-7-10-20(13-15)11-12-21-9-4-8-18-21/h4,8-9,15H,2-3,5-7,10-13H2,1H3/t15-/m1/s1. The summed E-state index contributed by atoms with van der Waals surface area (Å²) in [7, 11) is 0. The van der Waals surface area contributed by atoms with Crippen LogP contribution < -0.4 is 0 Å². The van der Waals surface area contributed by atoms with E-state index in [0.29, 0.717) is 6.04 Å². The summed E-state index contributed by atoms with van der Waals surface area (Å²) >= 11 is 0. The van der Waals surface area contributed by atoms with E-state index < -0.39 is 0 Å². The lowest BCUT2D eigenvalue weighted by atomic mass is 10.0. The van der Waals surface area contributed by atoms with E-state index in [9.17, 15) is 0 Å². The molecule has 22 heavy (non-hydrogen) atoms. The maximum Gasteiger partial charge on any atom is 0.106 e. The number of hydrogen-bond acceptors (Lipinski definition) is 3. The van der Waals surface area contributed by atoms with E-state index >= 15 is 0 Å². The van der Waals surface area contributed by atoms with Gasteiger partial charge < -0.3 is 4.57 Å². The Hall–Kier alpha value is -1.62. The first-order valence-electron chi connectivity index (χ1n) is 8.57. The number of nitrogens with zero attached hydrogens (tertiary/aromatic N) is 5. The molecule has 1 aliphatic carbocycles. The summed E-state index contributed by atoms with van der Waals surface area (Å²) < 4.78 is 4.58. The Kier molecular flexibility index (Phi) is 3.74. The Labute approximate surface area is 131 Å². The van der Waals surface area contributed by atoms with E-state index in [1.165, 1.54) is 55.9 Å². The highest BCUT2D eigenvalue weighted by molar-refractivity contribution is 5.21. The Bertz CT molecular complexity index is 628. The van der Waals surface area contributed by atoms with Gasteiger partial charge in [-0.15, -0.1) is 0 Å². The minimum atomic E-state index is 0.618. The molecule has 4 rings (SSSR count). The molecule has 1 atom stereocenters. The summed E-state index contributed by atoms with van der Waals surface area (Å²) in [5.74, 6) is 1.23. The van der Waals surface area contributed by atoms with Gasteiger partial charge in [-0.3, -0.25) is 9.58 Å². The molecule has 0 unspecified atom stereocenters. The van der Waals surface area contributed by atoms with Gasteiger partial charge in [-0.1, -0.05) is 0 Å². The van der Waals surface area contributed by atoms with Crippen LogP contribution in [0.3, 0.4) is 0 Å². The average molecular weight is 299 g/mol. The zero-order valence-electron chi connectivity index (χ0n) is 13.4. The average Bonchev–Trinajstić information content (AvgIpc) is 3.24. The van der Waals surface area contributed by atoms with Crippen molar-refractivity contribution in [2.75, 3.05) is 19.6 Å². The number of fused-ring (bicyclic) bond motifs is 1. The van der Waals surface area contributed by atoms with Gasteiger partial charge in [0.2, 0.25) is 0 Å². The van der Waals surface area contributed by atoms with Crippen LogP contribution in [0.1, 0.15) is 42.5 Å². The minimum absolute atomic E-state index is 0.618. The van der Waals surface area contributed by atoms with Gasteiger partial charge in [-0.2, -0.15) is 5.10 Å². The third-order valence-electron chi connectivity index (χ3n) is 5.16. The molecule has 0 aromatic carbocycles. The molecule has 5 heteroatoms. The lowest BCUT2D eigenvalue weighted by Crippen LogP contribution is -2.26. The molecule has 118 valence electrons. The largest absolute Gasteiger partial charge is 0.328 e. The summed E-state index contributed by atoms with van der Waals surface area (Å²) in [6, 6.07) is 2.61. The molecule has 3 heterocycles. The highest BCUT2D eigenvalue weighted by Gasteiger charge is 2.28. The van der Waals surface area contributed by atoms with Crippen LogP contribution in [0.4, 0.5) is 0 Å². The second kappa shape index (κ2) is 5.88. The fourth-order valence-electron chi connectivity index (χ4n) is 4.09. The van der Waals surface area contributed by atoms with E-state index in [2.05, 4.69) is 21.5 Å². The van der Waals surface area contributed by atoms with E-state index in [1.807, 2.05) is 23.1 Å². The van der Waals surface area contributed by atoms with Crippen molar-refractivity contribution in [3.63, 3.8) is 0 Å². The zero-order valence-corrected chi connectivity index (χ0v) is 13.4. The maximum atomic E-state index is 4.84. The van der Waals surface area contributed by atoms with Gasteiger partial charge in [0, 0.05) is 43.8 Å². The molecule has 2 aliphatic rings. The van der Waals surface area contributed by atoms with Crippen molar-refractivity contribution in [2.45, 2.75) is 51.6 Å². The van der Waals surface area contributed by atoms with Crippen molar-refractivity contribution < 1.29 is 0 Å². The van der Waals surface area contributed by atoms with Gasteiger partial charge in [0.1, 0.15) is 5.82 Å². The zero-order chi connectivity index (χ0) is 14.9. The number of aromatic nitrogens is 4. The topological polar surface area (TPSA) is 38.9 Å².